The SMILES string of the molecule is CC(C)(C)OC(=O)N1CCC(OC(C(=O)Nc2ncc(F)s2)c2ccc(S(=O)(=O)C3CC3)cc2)CC1. The number of thiazole rings is 1. The number of hydrogen-bond donors (Lipinski definition) is 1. The summed E-state index contributed by atoms with van der Waals surface area (Å²) in [7, 11) is -3.37. The number of likely N-dealkylation sites (tertiary alicyclic amines) is 1. The average molecular weight is 540 g/mol. The van der Waals surface area contributed by atoms with Crippen molar-refractivity contribution in [3.8, 4) is 0 Å². The maximum absolute atomic E-state index is 13.4. The van der Waals surface area contributed by atoms with Gasteiger partial charge in [0, 0.05) is 13.1 Å². The molecule has 2 heterocycles. The summed E-state index contributed by atoms with van der Waals surface area (Å²) in [6.45, 7) is 6.23. The summed E-state index contributed by atoms with van der Waals surface area (Å²) in [5, 5.41) is 1.80. The highest BCUT2D eigenvalue weighted by molar-refractivity contribution is 7.92. The van der Waals surface area contributed by atoms with Crippen molar-refractivity contribution in [1.29, 1.82) is 0 Å². The number of hydrogen-bond acceptors (Lipinski definition) is 8. The van der Waals surface area contributed by atoms with Gasteiger partial charge in [-0.25, -0.2) is 18.2 Å². The molecule has 1 aromatic heterocycles. The van der Waals surface area contributed by atoms with Crippen LogP contribution in [0.15, 0.2) is 35.4 Å². The maximum atomic E-state index is 13.4. The number of nitrogens with one attached hydrogen (secondary N) is 1. The van der Waals surface area contributed by atoms with Crippen molar-refractivity contribution >= 4 is 38.3 Å². The molecule has 2 fully saturated rings. The fourth-order valence-corrected chi connectivity index (χ4v) is 6.08. The smallest absolute Gasteiger partial charge is 0.410 e. The third-order valence-electron chi connectivity index (χ3n) is 5.84. The second kappa shape index (κ2) is 10.4. The molecule has 4 rings (SSSR count). The molecule has 36 heavy (non-hydrogen) atoms. The monoisotopic (exact) mass is 539 g/mol. The van der Waals surface area contributed by atoms with Crippen molar-refractivity contribution < 1.29 is 31.9 Å². The molecule has 0 bridgehead atoms. The Morgan fingerprint density at radius 1 is 1.14 bits per heavy atom. The van der Waals surface area contributed by atoms with Gasteiger partial charge in [0.05, 0.1) is 22.4 Å². The number of ether oxygens (including phenoxy) is 2. The van der Waals surface area contributed by atoms with E-state index < -0.39 is 38.7 Å². The Hall–Kier alpha value is -2.57. The van der Waals surface area contributed by atoms with Crippen LogP contribution in [0.25, 0.3) is 0 Å². The lowest BCUT2D eigenvalue weighted by Crippen LogP contribution is -2.44. The van der Waals surface area contributed by atoms with Crippen LogP contribution >= 0.6 is 11.3 Å². The molecule has 9 nitrogen and oxygen atoms in total. The van der Waals surface area contributed by atoms with Crippen LogP contribution in [0, 0.1) is 5.13 Å². The molecule has 0 spiro atoms. The summed E-state index contributed by atoms with van der Waals surface area (Å²) in [5.41, 5.74) is -0.129. The molecule has 2 aromatic rings. The van der Waals surface area contributed by atoms with E-state index in [-0.39, 0.29) is 21.4 Å². The number of anilines is 1. The largest absolute Gasteiger partial charge is 0.444 e. The van der Waals surface area contributed by atoms with Gasteiger partial charge in [0.2, 0.25) is 0 Å². The second-order valence-electron chi connectivity index (χ2n) is 9.96. The van der Waals surface area contributed by atoms with Crippen LogP contribution in [-0.2, 0) is 24.1 Å². The number of benzene rings is 1. The predicted octanol–water partition coefficient (Wildman–Crippen LogP) is 4.31. The third-order valence-corrected chi connectivity index (χ3v) is 8.82. The highest BCUT2D eigenvalue weighted by Crippen LogP contribution is 2.34. The highest BCUT2D eigenvalue weighted by Gasteiger charge is 2.37. The molecule has 1 aliphatic carbocycles. The van der Waals surface area contributed by atoms with Crippen molar-refractivity contribution in [3.05, 3.63) is 41.2 Å². The minimum absolute atomic E-state index is 0.0961. The molecular weight excluding hydrogens is 509 g/mol. The molecule has 2 amide bonds. The molecule has 1 N–H and O–H groups in total. The Kier molecular flexibility index (Phi) is 7.67. The molecule has 1 aliphatic heterocycles. The van der Waals surface area contributed by atoms with E-state index >= 15 is 0 Å². The van der Waals surface area contributed by atoms with Crippen molar-refractivity contribution in [2.45, 2.75) is 74.4 Å². The van der Waals surface area contributed by atoms with Gasteiger partial charge in [-0.05, 0) is 64.2 Å². The van der Waals surface area contributed by atoms with E-state index in [1.165, 1.54) is 12.1 Å². The molecule has 0 radical (unpaired) electrons. The van der Waals surface area contributed by atoms with Crippen LogP contribution in [-0.4, -0.2) is 60.3 Å². The third kappa shape index (κ3) is 6.60. The van der Waals surface area contributed by atoms with Crippen molar-refractivity contribution in [3.63, 3.8) is 0 Å². The molecule has 12 heteroatoms. The highest BCUT2D eigenvalue weighted by atomic mass is 32.2. The second-order valence-corrected chi connectivity index (χ2v) is 13.2. The first-order valence-electron chi connectivity index (χ1n) is 11.8. The number of carbonyl (C=O) groups is 2. The average Bonchev–Trinajstić information content (AvgIpc) is 3.60. The zero-order valence-corrected chi connectivity index (χ0v) is 22.0. The van der Waals surface area contributed by atoms with E-state index in [1.54, 1.807) is 37.8 Å². The quantitative estimate of drug-likeness (QED) is 0.557. The number of rotatable bonds is 7. The van der Waals surface area contributed by atoms with E-state index in [1.807, 2.05) is 0 Å². The standard InChI is InChI=1S/C24H30FN3O6S2/c1-24(2,3)34-23(30)28-12-10-16(11-13-28)33-20(21(29)27-22-26-14-19(25)35-22)15-4-6-17(7-5-15)36(31,32)18-8-9-18/h4-7,14,16,18,20H,8-13H2,1-3H3,(H,26,27,29). The van der Waals surface area contributed by atoms with Gasteiger partial charge in [-0.15, -0.1) is 0 Å². The summed E-state index contributed by atoms with van der Waals surface area (Å²) < 4.78 is 50.1. The van der Waals surface area contributed by atoms with Gasteiger partial charge in [-0.2, -0.15) is 4.39 Å². The zero-order valence-electron chi connectivity index (χ0n) is 20.4. The number of sulfone groups is 1. The summed E-state index contributed by atoms with van der Waals surface area (Å²) in [4.78, 5) is 31.1. The molecule has 2 aliphatic rings. The van der Waals surface area contributed by atoms with E-state index in [9.17, 15) is 22.4 Å². The van der Waals surface area contributed by atoms with E-state index in [2.05, 4.69) is 10.3 Å². The van der Waals surface area contributed by atoms with Crippen LogP contribution in [0.2, 0.25) is 0 Å². The van der Waals surface area contributed by atoms with Gasteiger partial charge in [-0.1, -0.05) is 23.5 Å². The van der Waals surface area contributed by atoms with Gasteiger partial charge < -0.3 is 14.4 Å². The van der Waals surface area contributed by atoms with Gasteiger partial charge in [0.1, 0.15) is 5.60 Å². The van der Waals surface area contributed by atoms with Crippen LogP contribution < -0.4 is 5.32 Å². The normalized spacial score (nSPS) is 18.1. The molecule has 1 saturated heterocycles. The van der Waals surface area contributed by atoms with E-state index in [0.717, 1.165) is 6.20 Å². The topological polar surface area (TPSA) is 115 Å². The first kappa shape index (κ1) is 26.5. The first-order chi connectivity index (χ1) is 16.9. The Balaban J connectivity index is 1.47. The molecule has 1 unspecified atom stereocenters. The van der Waals surface area contributed by atoms with E-state index in [0.29, 0.717) is 55.7 Å². The molecule has 1 atom stereocenters. The van der Waals surface area contributed by atoms with E-state index in [4.69, 9.17) is 9.47 Å². The fraction of sp³-hybridized carbons (Fsp3) is 0.542. The molecule has 1 saturated carbocycles. The van der Waals surface area contributed by atoms with Crippen molar-refractivity contribution in [1.82, 2.24) is 9.88 Å². The summed E-state index contributed by atoms with van der Waals surface area (Å²) in [6.07, 6.45) is 1.50. The lowest BCUT2D eigenvalue weighted by atomic mass is 10.1. The lowest BCUT2D eigenvalue weighted by Gasteiger charge is -2.34. The Bertz CT molecular complexity index is 1200. The maximum Gasteiger partial charge on any atom is 0.410 e. The summed E-state index contributed by atoms with van der Waals surface area (Å²) in [6, 6.07) is 6.11. The fourth-order valence-electron chi connectivity index (χ4n) is 3.87. The number of aromatic nitrogens is 1. The van der Waals surface area contributed by atoms with Crippen LogP contribution in [0.3, 0.4) is 0 Å². The number of nitrogens with zero attached hydrogens (tertiary/aromatic N) is 2. The lowest BCUT2D eigenvalue weighted by molar-refractivity contribution is -0.134. The van der Waals surface area contributed by atoms with Crippen LogP contribution in [0.4, 0.5) is 14.3 Å². The number of halogens is 1. The minimum atomic E-state index is -3.37. The minimum Gasteiger partial charge on any atom is -0.444 e. The number of carbonyl (C=O) groups excluding carboxylic acids is 2. The number of piperidine rings is 1. The van der Waals surface area contributed by atoms with Gasteiger partial charge in [0.15, 0.2) is 26.2 Å². The van der Waals surface area contributed by atoms with Crippen molar-refractivity contribution in [2.24, 2.45) is 0 Å². The Labute approximate surface area is 213 Å². The zero-order chi connectivity index (χ0) is 26.1. The number of amides is 2. The molecule has 1 aromatic carbocycles. The summed E-state index contributed by atoms with van der Waals surface area (Å²) >= 11 is 0.696. The Morgan fingerprint density at radius 2 is 1.78 bits per heavy atom. The summed E-state index contributed by atoms with van der Waals surface area (Å²) in [5.74, 6) is -0.545. The Morgan fingerprint density at radius 3 is 2.31 bits per heavy atom. The van der Waals surface area contributed by atoms with Crippen LogP contribution in [0.5, 0.6) is 0 Å². The van der Waals surface area contributed by atoms with Gasteiger partial charge in [-0.3, -0.25) is 10.1 Å². The van der Waals surface area contributed by atoms with Crippen LogP contribution in [0.1, 0.15) is 58.1 Å². The van der Waals surface area contributed by atoms with Crippen molar-refractivity contribution in [2.75, 3.05) is 18.4 Å². The molecule has 196 valence electrons. The van der Waals surface area contributed by atoms with Gasteiger partial charge in [0.25, 0.3) is 5.91 Å². The first-order valence-corrected chi connectivity index (χ1v) is 14.2. The predicted molar refractivity (Wildman–Crippen MR) is 132 cm³/mol. The van der Waals surface area contributed by atoms with Gasteiger partial charge >= 0.3 is 6.09 Å². The molecular formula is C24H30FN3O6S2.